The van der Waals surface area contributed by atoms with E-state index in [9.17, 15) is 5.11 Å². The maximum absolute atomic E-state index is 9.68. The van der Waals surface area contributed by atoms with Crippen molar-refractivity contribution < 1.29 is 9.84 Å². The van der Waals surface area contributed by atoms with Gasteiger partial charge in [-0.05, 0) is 32.1 Å². The molecule has 0 aromatic carbocycles. The quantitative estimate of drug-likeness (QED) is 0.741. The molecule has 1 fully saturated rings. The van der Waals surface area contributed by atoms with Crippen LogP contribution in [0.3, 0.4) is 0 Å². The third-order valence-corrected chi connectivity index (χ3v) is 4.47. The van der Waals surface area contributed by atoms with Crippen molar-refractivity contribution in [2.24, 2.45) is 0 Å². The predicted octanol–water partition coefficient (Wildman–Crippen LogP) is 1.60. The zero-order valence-corrected chi connectivity index (χ0v) is 11.5. The SMILES string of the molecule is CCS[C@@H]1CC[C@H](N(C)C[C@@H](O)COC)C1. The van der Waals surface area contributed by atoms with Crippen molar-refractivity contribution >= 4 is 11.8 Å². The summed E-state index contributed by atoms with van der Waals surface area (Å²) in [6.45, 7) is 3.39. The van der Waals surface area contributed by atoms with E-state index in [0.717, 1.165) is 11.8 Å². The molecule has 0 aliphatic heterocycles. The Morgan fingerprint density at radius 1 is 1.50 bits per heavy atom. The number of ether oxygens (including phenoxy) is 1. The van der Waals surface area contributed by atoms with Gasteiger partial charge in [-0.2, -0.15) is 11.8 Å². The molecule has 1 saturated carbocycles. The number of methoxy groups -OCH3 is 1. The number of rotatable bonds is 7. The summed E-state index contributed by atoms with van der Waals surface area (Å²) in [7, 11) is 3.75. The van der Waals surface area contributed by atoms with E-state index in [1.165, 1.54) is 25.0 Å². The van der Waals surface area contributed by atoms with Gasteiger partial charge in [-0.1, -0.05) is 6.92 Å². The zero-order chi connectivity index (χ0) is 12.0. The molecule has 0 aromatic heterocycles. The van der Waals surface area contributed by atoms with Crippen LogP contribution in [-0.4, -0.2) is 60.5 Å². The molecule has 1 rings (SSSR count). The number of thioether (sulfide) groups is 1. The summed E-state index contributed by atoms with van der Waals surface area (Å²) in [4.78, 5) is 2.29. The van der Waals surface area contributed by atoms with Gasteiger partial charge < -0.3 is 14.7 Å². The largest absolute Gasteiger partial charge is 0.389 e. The van der Waals surface area contributed by atoms with E-state index in [2.05, 4.69) is 30.6 Å². The van der Waals surface area contributed by atoms with Gasteiger partial charge in [0.05, 0.1) is 12.7 Å². The molecule has 1 aliphatic carbocycles. The summed E-state index contributed by atoms with van der Waals surface area (Å²) in [6.07, 6.45) is 3.52. The summed E-state index contributed by atoms with van der Waals surface area (Å²) in [5.41, 5.74) is 0. The number of hydrogen-bond donors (Lipinski definition) is 1. The summed E-state index contributed by atoms with van der Waals surface area (Å²) in [5.74, 6) is 1.22. The highest BCUT2D eigenvalue weighted by atomic mass is 32.2. The van der Waals surface area contributed by atoms with E-state index in [0.29, 0.717) is 12.6 Å². The standard InChI is InChI=1S/C12H25NO2S/c1-4-16-12-6-5-10(7-12)13(2)8-11(14)9-15-3/h10-12,14H,4-9H2,1-3H3/t10-,11+,12+/m0/s1. The van der Waals surface area contributed by atoms with Crippen molar-refractivity contribution in [3.05, 3.63) is 0 Å². The average Bonchev–Trinajstić information content (AvgIpc) is 2.67. The summed E-state index contributed by atoms with van der Waals surface area (Å²) >= 11 is 2.08. The second-order valence-corrected chi connectivity index (χ2v) is 6.17. The second-order valence-electron chi connectivity index (χ2n) is 4.59. The maximum Gasteiger partial charge on any atom is 0.0900 e. The van der Waals surface area contributed by atoms with E-state index in [1.54, 1.807) is 7.11 Å². The van der Waals surface area contributed by atoms with Gasteiger partial charge in [0.1, 0.15) is 0 Å². The van der Waals surface area contributed by atoms with Crippen LogP contribution in [0.2, 0.25) is 0 Å². The van der Waals surface area contributed by atoms with Gasteiger partial charge in [-0.25, -0.2) is 0 Å². The highest BCUT2D eigenvalue weighted by Gasteiger charge is 2.28. The van der Waals surface area contributed by atoms with Crippen LogP contribution < -0.4 is 0 Å². The molecular weight excluding hydrogens is 222 g/mol. The van der Waals surface area contributed by atoms with Crippen molar-refractivity contribution in [2.75, 3.05) is 33.1 Å². The lowest BCUT2D eigenvalue weighted by molar-refractivity contribution is 0.0348. The average molecular weight is 247 g/mol. The van der Waals surface area contributed by atoms with Crippen LogP contribution in [0.4, 0.5) is 0 Å². The number of nitrogens with zero attached hydrogens (tertiary/aromatic N) is 1. The summed E-state index contributed by atoms with van der Waals surface area (Å²) in [5, 5.41) is 10.5. The summed E-state index contributed by atoms with van der Waals surface area (Å²) in [6, 6.07) is 0.649. The van der Waals surface area contributed by atoms with Crippen molar-refractivity contribution in [1.82, 2.24) is 4.90 Å². The molecule has 0 amide bonds. The minimum Gasteiger partial charge on any atom is -0.389 e. The van der Waals surface area contributed by atoms with E-state index < -0.39 is 0 Å². The molecule has 16 heavy (non-hydrogen) atoms. The molecule has 0 unspecified atom stereocenters. The van der Waals surface area contributed by atoms with Crippen LogP contribution in [-0.2, 0) is 4.74 Å². The third kappa shape index (κ3) is 4.62. The van der Waals surface area contributed by atoms with E-state index >= 15 is 0 Å². The van der Waals surface area contributed by atoms with E-state index in [4.69, 9.17) is 4.74 Å². The molecule has 3 nitrogen and oxygen atoms in total. The molecule has 96 valence electrons. The first-order chi connectivity index (χ1) is 7.67. The van der Waals surface area contributed by atoms with E-state index in [-0.39, 0.29) is 6.10 Å². The Hall–Kier alpha value is 0.230. The maximum atomic E-state index is 9.68. The molecular formula is C12H25NO2S. The fourth-order valence-electron chi connectivity index (χ4n) is 2.43. The van der Waals surface area contributed by atoms with Gasteiger partial charge in [0.25, 0.3) is 0 Å². The Balaban J connectivity index is 2.24. The van der Waals surface area contributed by atoms with Gasteiger partial charge in [0.2, 0.25) is 0 Å². The molecule has 3 atom stereocenters. The topological polar surface area (TPSA) is 32.7 Å². The predicted molar refractivity (Wildman–Crippen MR) is 70.1 cm³/mol. The highest BCUT2D eigenvalue weighted by Crippen LogP contribution is 2.32. The van der Waals surface area contributed by atoms with Crippen LogP contribution >= 0.6 is 11.8 Å². The molecule has 0 saturated heterocycles. The van der Waals surface area contributed by atoms with Crippen LogP contribution in [0.15, 0.2) is 0 Å². The smallest absolute Gasteiger partial charge is 0.0900 e. The van der Waals surface area contributed by atoms with Crippen LogP contribution in [0.25, 0.3) is 0 Å². The lowest BCUT2D eigenvalue weighted by Crippen LogP contribution is -2.38. The Kier molecular flexibility index (Phi) is 6.73. The van der Waals surface area contributed by atoms with Crippen molar-refractivity contribution in [2.45, 2.75) is 43.6 Å². The normalized spacial score (nSPS) is 27.6. The van der Waals surface area contributed by atoms with Gasteiger partial charge in [-0.15, -0.1) is 0 Å². The molecule has 1 aliphatic rings. The Morgan fingerprint density at radius 3 is 2.88 bits per heavy atom. The fourth-order valence-corrected chi connectivity index (χ4v) is 3.56. The van der Waals surface area contributed by atoms with Gasteiger partial charge in [0, 0.05) is 24.9 Å². The monoisotopic (exact) mass is 247 g/mol. The Morgan fingerprint density at radius 2 is 2.25 bits per heavy atom. The Labute approximate surface area is 104 Å². The molecule has 0 aromatic rings. The molecule has 1 N–H and O–H groups in total. The third-order valence-electron chi connectivity index (χ3n) is 3.24. The van der Waals surface area contributed by atoms with Crippen molar-refractivity contribution in [1.29, 1.82) is 0 Å². The van der Waals surface area contributed by atoms with Crippen molar-refractivity contribution in [3.63, 3.8) is 0 Å². The number of aliphatic hydroxyl groups is 1. The molecule has 0 radical (unpaired) electrons. The first-order valence-corrected chi connectivity index (χ1v) is 7.21. The lowest BCUT2D eigenvalue weighted by atomic mass is 10.2. The number of likely N-dealkylation sites (N-methyl/N-ethyl adjacent to an activating group) is 1. The van der Waals surface area contributed by atoms with Gasteiger partial charge >= 0.3 is 0 Å². The van der Waals surface area contributed by atoms with Crippen LogP contribution in [0, 0.1) is 0 Å². The van der Waals surface area contributed by atoms with Crippen LogP contribution in [0.1, 0.15) is 26.2 Å². The molecule has 0 spiro atoms. The summed E-state index contributed by atoms with van der Waals surface area (Å²) < 4.78 is 4.95. The number of hydrogen-bond acceptors (Lipinski definition) is 4. The molecule has 4 heteroatoms. The number of aliphatic hydroxyl groups excluding tert-OH is 1. The lowest BCUT2D eigenvalue weighted by Gasteiger charge is -2.26. The van der Waals surface area contributed by atoms with E-state index in [1.807, 2.05) is 0 Å². The fraction of sp³-hybridized carbons (Fsp3) is 1.00. The Bertz CT molecular complexity index is 192. The highest BCUT2D eigenvalue weighted by molar-refractivity contribution is 7.99. The first-order valence-electron chi connectivity index (χ1n) is 6.16. The zero-order valence-electron chi connectivity index (χ0n) is 10.7. The second kappa shape index (κ2) is 7.54. The minimum atomic E-state index is -0.354. The first kappa shape index (κ1) is 14.3. The van der Waals surface area contributed by atoms with Gasteiger partial charge in [-0.3, -0.25) is 0 Å². The van der Waals surface area contributed by atoms with Gasteiger partial charge in [0.15, 0.2) is 0 Å². The van der Waals surface area contributed by atoms with Crippen LogP contribution in [0.5, 0.6) is 0 Å². The molecule has 0 bridgehead atoms. The molecule has 0 heterocycles. The van der Waals surface area contributed by atoms with Crippen molar-refractivity contribution in [3.8, 4) is 0 Å². The minimum absolute atomic E-state index is 0.354.